The van der Waals surface area contributed by atoms with Crippen molar-refractivity contribution in [1.82, 2.24) is 0 Å². The predicted octanol–water partition coefficient (Wildman–Crippen LogP) is 5.33. The number of rotatable bonds is 5. The lowest BCUT2D eigenvalue weighted by Crippen LogP contribution is -2.04. The van der Waals surface area contributed by atoms with E-state index in [1.165, 1.54) is 0 Å². The number of fused-ring (bicyclic) bond motifs is 2. The Balaban J connectivity index is 1.52. The third kappa shape index (κ3) is 3.97. The summed E-state index contributed by atoms with van der Waals surface area (Å²) in [6.07, 6.45) is 3.42. The van der Waals surface area contributed by atoms with Gasteiger partial charge in [0.1, 0.15) is 11.5 Å². The van der Waals surface area contributed by atoms with Crippen molar-refractivity contribution in [2.75, 3.05) is 6.54 Å². The van der Waals surface area contributed by atoms with E-state index < -0.39 is 0 Å². The molecule has 4 aromatic carbocycles. The van der Waals surface area contributed by atoms with Crippen LogP contribution in [-0.2, 0) is 0 Å². The van der Waals surface area contributed by atoms with Gasteiger partial charge in [0, 0.05) is 23.6 Å². The normalized spacial score (nSPS) is 13.0. The van der Waals surface area contributed by atoms with Crippen molar-refractivity contribution in [2.45, 2.75) is 13.0 Å². The van der Waals surface area contributed by atoms with Gasteiger partial charge in [-0.05, 0) is 40.6 Å². The molecular weight excluding hydrogens is 360 g/mol. The molecule has 0 bridgehead atoms. The van der Waals surface area contributed by atoms with Crippen LogP contribution in [0.3, 0.4) is 0 Å². The zero-order valence-corrected chi connectivity index (χ0v) is 16.2. The lowest BCUT2D eigenvalue weighted by molar-refractivity contribution is 0.474. The van der Waals surface area contributed by atoms with E-state index in [4.69, 9.17) is 0 Å². The number of phenolic OH excluding ortho intramolecular Hbond substituents is 2. The number of benzene rings is 4. The molecule has 0 aliphatic rings. The van der Waals surface area contributed by atoms with Crippen LogP contribution >= 0.6 is 0 Å². The Labute approximate surface area is 169 Å². The summed E-state index contributed by atoms with van der Waals surface area (Å²) < 4.78 is 0. The van der Waals surface area contributed by atoms with Crippen molar-refractivity contribution in [2.24, 2.45) is 9.98 Å². The third-order valence-corrected chi connectivity index (χ3v) is 4.94. The van der Waals surface area contributed by atoms with E-state index in [0.717, 1.165) is 21.5 Å². The standard InChI is InChI=1S/C25H22N2O2/c1-17(27-16-23-21-9-5-3-7-19(21)11-13-25(23)29)14-26-15-22-20-8-4-2-6-18(20)10-12-24(22)28/h2-13,15-17,28-29H,14H2,1H3/t17-/m1/s1. The van der Waals surface area contributed by atoms with Gasteiger partial charge in [0.25, 0.3) is 0 Å². The molecule has 0 aliphatic carbocycles. The molecule has 4 heteroatoms. The highest BCUT2D eigenvalue weighted by atomic mass is 16.3. The first kappa shape index (κ1) is 18.7. The molecule has 4 rings (SSSR count). The van der Waals surface area contributed by atoms with Gasteiger partial charge in [-0.3, -0.25) is 9.98 Å². The number of aliphatic imine (C=N–C) groups is 2. The number of hydrogen-bond donors (Lipinski definition) is 2. The topological polar surface area (TPSA) is 65.2 Å². The quantitative estimate of drug-likeness (QED) is 0.458. The van der Waals surface area contributed by atoms with E-state index in [2.05, 4.69) is 9.98 Å². The molecule has 0 amide bonds. The third-order valence-electron chi connectivity index (χ3n) is 4.94. The van der Waals surface area contributed by atoms with Crippen LogP contribution < -0.4 is 0 Å². The van der Waals surface area contributed by atoms with Crippen LogP contribution in [0, 0.1) is 0 Å². The Kier molecular flexibility index (Phi) is 5.25. The van der Waals surface area contributed by atoms with E-state index >= 15 is 0 Å². The monoisotopic (exact) mass is 382 g/mol. The summed E-state index contributed by atoms with van der Waals surface area (Å²) in [5.41, 5.74) is 1.43. The van der Waals surface area contributed by atoms with E-state index in [-0.39, 0.29) is 17.5 Å². The molecule has 0 aliphatic heterocycles. The molecule has 0 saturated heterocycles. The van der Waals surface area contributed by atoms with Crippen molar-refractivity contribution in [3.05, 3.63) is 83.9 Å². The maximum Gasteiger partial charge on any atom is 0.124 e. The highest BCUT2D eigenvalue weighted by Gasteiger charge is 2.06. The van der Waals surface area contributed by atoms with E-state index in [9.17, 15) is 10.2 Å². The lowest BCUT2D eigenvalue weighted by Gasteiger charge is -2.07. The van der Waals surface area contributed by atoms with Crippen molar-refractivity contribution >= 4 is 34.0 Å². The smallest absolute Gasteiger partial charge is 0.124 e. The summed E-state index contributed by atoms with van der Waals surface area (Å²) >= 11 is 0. The molecule has 1 atom stereocenters. The summed E-state index contributed by atoms with van der Waals surface area (Å²) in [5.74, 6) is 0.424. The Morgan fingerprint density at radius 2 is 1.24 bits per heavy atom. The SMILES string of the molecule is C[C@H](CN=Cc1c(O)ccc2ccccc12)N=Cc1c(O)ccc2ccccc12. The van der Waals surface area contributed by atoms with Crippen LogP contribution in [0.25, 0.3) is 21.5 Å². The molecule has 0 radical (unpaired) electrons. The zero-order valence-electron chi connectivity index (χ0n) is 16.2. The largest absolute Gasteiger partial charge is 0.507 e. The van der Waals surface area contributed by atoms with Crippen LogP contribution in [0.5, 0.6) is 11.5 Å². The number of phenols is 2. The first-order valence-electron chi connectivity index (χ1n) is 9.58. The van der Waals surface area contributed by atoms with Gasteiger partial charge < -0.3 is 10.2 Å². The Bertz CT molecular complexity index is 1230. The molecule has 2 N–H and O–H groups in total. The minimum absolute atomic E-state index is 0.0678. The van der Waals surface area contributed by atoms with Crippen LogP contribution in [-0.4, -0.2) is 35.2 Å². The Morgan fingerprint density at radius 1 is 0.724 bits per heavy atom. The Morgan fingerprint density at radius 3 is 1.83 bits per heavy atom. The van der Waals surface area contributed by atoms with Crippen LogP contribution in [0.1, 0.15) is 18.1 Å². The second-order valence-corrected chi connectivity index (χ2v) is 7.06. The maximum atomic E-state index is 10.2. The second-order valence-electron chi connectivity index (χ2n) is 7.06. The molecule has 4 aromatic rings. The summed E-state index contributed by atoms with van der Waals surface area (Å²) in [6, 6.07) is 22.9. The van der Waals surface area contributed by atoms with Crippen molar-refractivity contribution in [3.8, 4) is 11.5 Å². The summed E-state index contributed by atoms with van der Waals surface area (Å²) in [6.45, 7) is 2.45. The fourth-order valence-electron chi connectivity index (χ4n) is 3.39. The van der Waals surface area contributed by atoms with Gasteiger partial charge in [0.2, 0.25) is 0 Å². The minimum atomic E-state index is -0.0678. The average molecular weight is 382 g/mol. The molecule has 0 spiro atoms. The van der Waals surface area contributed by atoms with Gasteiger partial charge in [-0.1, -0.05) is 60.7 Å². The molecule has 0 unspecified atom stereocenters. The first-order chi connectivity index (χ1) is 14.1. The van der Waals surface area contributed by atoms with Gasteiger partial charge in [-0.25, -0.2) is 0 Å². The fourth-order valence-corrected chi connectivity index (χ4v) is 3.39. The molecular formula is C25H22N2O2. The number of hydrogen-bond acceptors (Lipinski definition) is 4. The maximum absolute atomic E-state index is 10.2. The Hall–Kier alpha value is -3.66. The zero-order chi connectivity index (χ0) is 20.2. The number of aromatic hydroxyl groups is 2. The van der Waals surface area contributed by atoms with Crippen molar-refractivity contribution < 1.29 is 10.2 Å². The molecule has 29 heavy (non-hydrogen) atoms. The molecule has 0 aromatic heterocycles. The highest BCUT2D eigenvalue weighted by molar-refractivity contribution is 6.03. The highest BCUT2D eigenvalue weighted by Crippen LogP contribution is 2.26. The van der Waals surface area contributed by atoms with Gasteiger partial charge in [-0.2, -0.15) is 0 Å². The van der Waals surface area contributed by atoms with Crippen molar-refractivity contribution in [1.29, 1.82) is 0 Å². The van der Waals surface area contributed by atoms with Crippen LogP contribution in [0.2, 0.25) is 0 Å². The van der Waals surface area contributed by atoms with Gasteiger partial charge in [0.15, 0.2) is 0 Å². The van der Waals surface area contributed by atoms with Gasteiger partial charge >= 0.3 is 0 Å². The van der Waals surface area contributed by atoms with Crippen molar-refractivity contribution in [3.63, 3.8) is 0 Å². The van der Waals surface area contributed by atoms with E-state index in [1.54, 1.807) is 24.6 Å². The van der Waals surface area contributed by atoms with Gasteiger partial charge in [-0.15, -0.1) is 0 Å². The summed E-state index contributed by atoms with van der Waals surface area (Å²) in [7, 11) is 0. The minimum Gasteiger partial charge on any atom is -0.507 e. The van der Waals surface area contributed by atoms with Crippen LogP contribution in [0.4, 0.5) is 0 Å². The second kappa shape index (κ2) is 8.15. The molecule has 0 fully saturated rings. The predicted molar refractivity (Wildman–Crippen MR) is 121 cm³/mol. The fraction of sp³-hybridized carbons (Fsp3) is 0.120. The summed E-state index contributed by atoms with van der Waals surface area (Å²) in [5, 5.41) is 24.5. The molecule has 144 valence electrons. The molecule has 0 heterocycles. The first-order valence-corrected chi connectivity index (χ1v) is 9.58. The van der Waals surface area contributed by atoms with Crippen LogP contribution in [0.15, 0.2) is 82.8 Å². The molecule has 0 saturated carbocycles. The molecule has 4 nitrogen and oxygen atoms in total. The summed E-state index contributed by atoms with van der Waals surface area (Å²) in [4.78, 5) is 9.05. The average Bonchev–Trinajstić information content (AvgIpc) is 2.74. The lowest BCUT2D eigenvalue weighted by atomic mass is 10.0. The number of nitrogens with zero attached hydrogens (tertiary/aromatic N) is 2. The van der Waals surface area contributed by atoms with E-state index in [1.807, 2.05) is 67.6 Å². The van der Waals surface area contributed by atoms with Gasteiger partial charge in [0.05, 0.1) is 12.6 Å². The van der Waals surface area contributed by atoms with E-state index in [0.29, 0.717) is 17.7 Å².